The molecule has 3 rings (SSSR count). The summed E-state index contributed by atoms with van der Waals surface area (Å²) >= 11 is 0. The van der Waals surface area contributed by atoms with Gasteiger partial charge >= 0.3 is 6.61 Å². The van der Waals surface area contributed by atoms with Crippen LogP contribution in [0, 0.1) is 18.2 Å². The number of nitrogens with zero attached hydrogens (tertiary/aromatic N) is 2. The SMILES string of the molecule is C.C.C#Cc1cccc(Oc2ncnc3cc(OC)c(OCCOC(F)F)cc23)c1F. The lowest BCUT2D eigenvalue weighted by molar-refractivity contribution is -0.133. The van der Waals surface area contributed by atoms with Crippen molar-refractivity contribution >= 4 is 10.9 Å². The number of rotatable bonds is 8. The van der Waals surface area contributed by atoms with Crippen LogP contribution in [0.4, 0.5) is 13.2 Å². The molecule has 0 unspecified atom stereocenters. The Kier molecular flexibility index (Phi) is 9.57. The van der Waals surface area contributed by atoms with Crippen LogP contribution in [-0.2, 0) is 4.74 Å². The van der Waals surface area contributed by atoms with Crippen molar-refractivity contribution in [3.05, 3.63) is 48.0 Å². The fraction of sp³-hybridized carbons (Fsp3) is 0.273. The Balaban J connectivity index is 0.00000240. The quantitative estimate of drug-likeness (QED) is 0.346. The summed E-state index contributed by atoms with van der Waals surface area (Å²) < 4.78 is 59.0. The van der Waals surface area contributed by atoms with Gasteiger partial charge in [0.15, 0.2) is 23.1 Å². The van der Waals surface area contributed by atoms with E-state index in [0.717, 1.165) is 0 Å². The van der Waals surface area contributed by atoms with E-state index in [0.29, 0.717) is 16.7 Å². The predicted octanol–water partition coefficient (Wildman–Crippen LogP) is 5.44. The Labute approximate surface area is 178 Å². The molecule has 31 heavy (non-hydrogen) atoms. The van der Waals surface area contributed by atoms with Gasteiger partial charge in [-0.1, -0.05) is 26.8 Å². The lowest BCUT2D eigenvalue weighted by Crippen LogP contribution is -2.10. The molecule has 0 radical (unpaired) electrons. The number of hydrogen-bond donors (Lipinski definition) is 0. The average molecular weight is 436 g/mol. The molecule has 1 aromatic heterocycles. The summed E-state index contributed by atoms with van der Waals surface area (Å²) in [5, 5.41) is 0.392. The molecule has 3 aromatic rings. The monoisotopic (exact) mass is 436 g/mol. The van der Waals surface area contributed by atoms with Crippen LogP contribution in [0.5, 0.6) is 23.1 Å². The lowest BCUT2D eigenvalue weighted by atomic mass is 10.2. The van der Waals surface area contributed by atoms with E-state index >= 15 is 0 Å². The van der Waals surface area contributed by atoms with Gasteiger partial charge in [0.05, 0.1) is 30.2 Å². The van der Waals surface area contributed by atoms with E-state index in [2.05, 4.69) is 20.6 Å². The maximum atomic E-state index is 14.4. The predicted molar refractivity (Wildman–Crippen MR) is 111 cm³/mol. The van der Waals surface area contributed by atoms with Gasteiger partial charge in [0, 0.05) is 6.07 Å². The first-order valence-electron chi connectivity index (χ1n) is 8.31. The van der Waals surface area contributed by atoms with Crippen LogP contribution in [0.25, 0.3) is 10.9 Å². The summed E-state index contributed by atoms with van der Waals surface area (Å²) in [6, 6.07) is 7.47. The molecule has 0 fully saturated rings. The highest BCUT2D eigenvalue weighted by Crippen LogP contribution is 2.36. The van der Waals surface area contributed by atoms with E-state index in [1.54, 1.807) is 12.1 Å². The molecule has 9 heteroatoms. The summed E-state index contributed by atoms with van der Waals surface area (Å²) in [7, 11) is 1.42. The number of alkyl halides is 2. The zero-order valence-electron chi connectivity index (χ0n) is 15.2. The Morgan fingerprint density at radius 3 is 2.52 bits per heavy atom. The van der Waals surface area contributed by atoms with E-state index < -0.39 is 12.4 Å². The Bertz CT molecular complexity index is 1050. The molecule has 0 amide bonds. The van der Waals surface area contributed by atoms with Gasteiger partial charge in [0.25, 0.3) is 0 Å². The molecular weight excluding hydrogens is 413 g/mol. The number of ether oxygens (including phenoxy) is 4. The third-order valence-electron chi connectivity index (χ3n) is 3.79. The number of terminal acetylenes is 1. The number of benzene rings is 2. The van der Waals surface area contributed by atoms with Gasteiger partial charge < -0.3 is 18.9 Å². The second kappa shape index (κ2) is 11.6. The summed E-state index contributed by atoms with van der Waals surface area (Å²) in [6.07, 6.45) is 6.52. The van der Waals surface area contributed by atoms with Gasteiger partial charge in [-0.25, -0.2) is 14.4 Å². The van der Waals surface area contributed by atoms with Crippen molar-refractivity contribution in [3.63, 3.8) is 0 Å². The molecule has 0 saturated carbocycles. The highest BCUT2D eigenvalue weighted by atomic mass is 19.3. The molecule has 0 aliphatic heterocycles. The molecule has 2 aromatic carbocycles. The molecule has 6 nitrogen and oxygen atoms in total. The summed E-state index contributed by atoms with van der Waals surface area (Å²) in [6.45, 7) is -3.36. The van der Waals surface area contributed by atoms with Crippen LogP contribution < -0.4 is 14.2 Å². The normalized spacial score (nSPS) is 10.1. The van der Waals surface area contributed by atoms with E-state index in [1.165, 1.54) is 31.6 Å². The van der Waals surface area contributed by atoms with Gasteiger partial charge in [-0.15, -0.1) is 6.42 Å². The molecule has 0 saturated heterocycles. The van der Waals surface area contributed by atoms with Gasteiger partial charge in [-0.05, 0) is 18.2 Å². The standard InChI is InChI=1S/C20H15F3N2O4.2CH4/c1-3-12-5-4-6-15(18(12)21)29-19-13-9-17(27-7-8-28-20(22)23)16(26-2)10-14(13)24-11-25-19;;/h1,4-6,9-11,20H,7-8H2,2H3;2*1H4. The van der Waals surface area contributed by atoms with Crippen LogP contribution in [0.1, 0.15) is 20.4 Å². The fourth-order valence-corrected chi connectivity index (χ4v) is 2.49. The lowest BCUT2D eigenvalue weighted by Gasteiger charge is -2.13. The van der Waals surface area contributed by atoms with E-state index in [9.17, 15) is 13.2 Å². The van der Waals surface area contributed by atoms with E-state index in [-0.39, 0.29) is 51.0 Å². The highest BCUT2D eigenvalue weighted by molar-refractivity contribution is 5.87. The van der Waals surface area contributed by atoms with Crippen molar-refractivity contribution < 1.29 is 32.1 Å². The molecule has 0 aliphatic carbocycles. The van der Waals surface area contributed by atoms with Gasteiger partial charge in [0.2, 0.25) is 5.88 Å². The smallest absolute Gasteiger partial charge is 0.345 e. The Morgan fingerprint density at radius 2 is 1.84 bits per heavy atom. The van der Waals surface area contributed by atoms with Crippen LogP contribution in [0.2, 0.25) is 0 Å². The minimum atomic E-state index is -2.89. The number of fused-ring (bicyclic) bond motifs is 1. The molecule has 0 aliphatic rings. The van der Waals surface area contributed by atoms with Gasteiger partial charge in [-0.2, -0.15) is 8.78 Å². The van der Waals surface area contributed by atoms with Crippen LogP contribution in [0.3, 0.4) is 0 Å². The molecule has 0 atom stereocenters. The van der Waals surface area contributed by atoms with E-state index in [1.807, 2.05) is 0 Å². The zero-order chi connectivity index (χ0) is 20.8. The number of hydrogen-bond acceptors (Lipinski definition) is 6. The summed E-state index contributed by atoms with van der Waals surface area (Å²) in [5.74, 6) is 2.03. The maximum Gasteiger partial charge on any atom is 0.345 e. The van der Waals surface area contributed by atoms with Gasteiger partial charge in [0.1, 0.15) is 12.9 Å². The maximum absolute atomic E-state index is 14.4. The first-order chi connectivity index (χ1) is 14.0. The summed E-state index contributed by atoms with van der Waals surface area (Å²) in [5.41, 5.74) is 0.488. The Hall–Kier alpha value is -3.51. The van der Waals surface area contributed by atoms with Crippen molar-refractivity contribution in [2.24, 2.45) is 0 Å². The van der Waals surface area contributed by atoms with Crippen LogP contribution >= 0.6 is 0 Å². The molecular formula is C22H23F3N2O4. The Morgan fingerprint density at radius 1 is 1.06 bits per heavy atom. The largest absolute Gasteiger partial charge is 0.493 e. The first-order valence-corrected chi connectivity index (χ1v) is 8.31. The minimum absolute atomic E-state index is 0. The fourth-order valence-electron chi connectivity index (χ4n) is 2.49. The van der Waals surface area contributed by atoms with Crippen molar-refractivity contribution in [2.75, 3.05) is 20.3 Å². The number of methoxy groups -OCH3 is 1. The number of halogens is 3. The zero-order valence-corrected chi connectivity index (χ0v) is 15.2. The average Bonchev–Trinajstić information content (AvgIpc) is 2.72. The number of aromatic nitrogens is 2. The second-order valence-corrected chi connectivity index (χ2v) is 5.54. The van der Waals surface area contributed by atoms with Crippen LogP contribution in [0.15, 0.2) is 36.7 Å². The molecule has 166 valence electrons. The summed E-state index contributed by atoms with van der Waals surface area (Å²) in [4.78, 5) is 8.18. The second-order valence-electron chi connectivity index (χ2n) is 5.54. The van der Waals surface area contributed by atoms with Crippen LogP contribution in [-0.4, -0.2) is 36.9 Å². The molecule has 0 bridgehead atoms. The third-order valence-corrected chi connectivity index (χ3v) is 3.79. The molecule has 0 N–H and O–H groups in total. The van der Waals surface area contributed by atoms with Gasteiger partial charge in [-0.3, -0.25) is 0 Å². The highest BCUT2D eigenvalue weighted by Gasteiger charge is 2.15. The topological polar surface area (TPSA) is 62.7 Å². The van der Waals surface area contributed by atoms with Crippen molar-refractivity contribution in [3.8, 4) is 35.5 Å². The van der Waals surface area contributed by atoms with Crippen molar-refractivity contribution in [1.82, 2.24) is 9.97 Å². The first kappa shape index (κ1) is 25.5. The molecule has 0 spiro atoms. The van der Waals surface area contributed by atoms with E-state index in [4.69, 9.17) is 20.6 Å². The van der Waals surface area contributed by atoms with Crippen molar-refractivity contribution in [1.29, 1.82) is 0 Å². The molecule has 1 heterocycles. The van der Waals surface area contributed by atoms with Crippen molar-refractivity contribution in [2.45, 2.75) is 21.5 Å². The minimum Gasteiger partial charge on any atom is -0.493 e. The third kappa shape index (κ3) is 5.99.